The van der Waals surface area contributed by atoms with Crippen LogP contribution in [-0.4, -0.2) is 41.0 Å². The summed E-state index contributed by atoms with van der Waals surface area (Å²) in [5.74, 6) is -0.199. The first-order chi connectivity index (χ1) is 16.6. The van der Waals surface area contributed by atoms with Crippen molar-refractivity contribution in [2.75, 3.05) is 35.7 Å². The number of benzene rings is 3. The Kier molecular flexibility index (Phi) is 8.21. The maximum Gasteiger partial charge on any atom is 0.264 e. The van der Waals surface area contributed by atoms with E-state index in [0.717, 1.165) is 4.31 Å². The lowest BCUT2D eigenvalue weighted by Crippen LogP contribution is -2.38. The molecule has 2 N–H and O–H groups in total. The summed E-state index contributed by atoms with van der Waals surface area (Å²) in [7, 11) is -1.34. The van der Waals surface area contributed by atoms with E-state index in [0.29, 0.717) is 22.1 Å². The third kappa shape index (κ3) is 6.43. The van der Waals surface area contributed by atoms with Crippen LogP contribution in [0.3, 0.4) is 0 Å². The molecule has 0 aliphatic rings. The highest BCUT2D eigenvalue weighted by molar-refractivity contribution is 7.92. The smallest absolute Gasteiger partial charge is 0.264 e. The van der Waals surface area contributed by atoms with Crippen LogP contribution in [0.5, 0.6) is 11.5 Å². The van der Waals surface area contributed by atoms with Gasteiger partial charge in [-0.1, -0.05) is 11.6 Å². The number of rotatable bonds is 9. The third-order valence-corrected chi connectivity index (χ3v) is 6.86. The second-order valence-electron chi connectivity index (χ2n) is 7.31. The Morgan fingerprint density at radius 3 is 1.97 bits per heavy atom. The maximum atomic E-state index is 13.6. The second kappa shape index (κ2) is 11.1. The van der Waals surface area contributed by atoms with Gasteiger partial charge >= 0.3 is 0 Å². The lowest BCUT2D eigenvalue weighted by Gasteiger charge is -2.24. The van der Waals surface area contributed by atoms with E-state index in [1.54, 1.807) is 24.3 Å². The molecule has 9 nitrogen and oxygen atoms in total. The van der Waals surface area contributed by atoms with Crippen molar-refractivity contribution in [2.45, 2.75) is 11.8 Å². The molecule has 3 aromatic carbocycles. The molecule has 0 heterocycles. The van der Waals surface area contributed by atoms with E-state index in [1.807, 2.05) is 0 Å². The molecule has 0 saturated heterocycles. The zero-order valence-corrected chi connectivity index (χ0v) is 20.8. The summed E-state index contributed by atoms with van der Waals surface area (Å²) >= 11 is 5.97. The van der Waals surface area contributed by atoms with Crippen LogP contribution in [0, 0.1) is 0 Å². The van der Waals surface area contributed by atoms with Crippen LogP contribution in [0.15, 0.2) is 71.6 Å². The van der Waals surface area contributed by atoms with Crippen molar-refractivity contribution in [2.24, 2.45) is 0 Å². The van der Waals surface area contributed by atoms with E-state index in [2.05, 4.69) is 10.6 Å². The van der Waals surface area contributed by atoms with Gasteiger partial charge in [0.1, 0.15) is 6.54 Å². The van der Waals surface area contributed by atoms with Gasteiger partial charge in [-0.15, -0.1) is 0 Å². The Bertz CT molecular complexity index is 1310. The normalized spacial score (nSPS) is 10.9. The first-order valence-corrected chi connectivity index (χ1v) is 12.1. The monoisotopic (exact) mass is 517 g/mol. The van der Waals surface area contributed by atoms with Crippen molar-refractivity contribution >= 4 is 50.5 Å². The molecule has 184 valence electrons. The van der Waals surface area contributed by atoms with Gasteiger partial charge in [-0.25, -0.2) is 8.42 Å². The molecule has 0 saturated carbocycles. The Hall–Kier alpha value is -3.76. The number of amides is 2. The summed E-state index contributed by atoms with van der Waals surface area (Å²) in [5.41, 5.74) is 1.25. The quantitative estimate of drug-likeness (QED) is 0.441. The van der Waals surface area contributed by atoms with Crippen LogP contribution in [0.1, 0.15) is 6.92 Å². The number of ether oxygens (including phenoxy) is 2. The molecule has 0 aromatic heterocycles. The Morgan fingerprint density at radius 2 is 1.43 bits per heavy atom. The number of nitrogens with zero attached hydrogens (tertiary/aromatic N) is 1. The molecule has 3 aromatic rings. The first-order valence-electron chi connectivity index (χ1n) is 10.3. The summed E-state index contributed by atoms with van der Waals surface area (Å²) < 4.78 is 38.6. The van der Waals surface area contributed by atoms with Crippen molar-refractivity contribution in [3.8, 4) is 11.5 Å². The minimum atomic E-state index is -4.19. The van der Waals surface area contributed by atoms with E-state index < -0.39 is 22.5 Å². The summed E-state index contributed by atoms with van der Waals surface area (Å²) in [6.45, 7) is 0.881. The lowest BCUT2D eigenvalue weighted by molar-refractivity contribution is -0.115. The topological polar surface area (TPSA) is 114 Å². The SMILES string of the molecule is COc1ccc(S(=O)(=O)N(CC(=O)Nc2ccc(NC(C)=O)cc2)c2ccc(Cl)cc2)cc1OC. The van der Waals surface area contributed by atoms with E-state index >= 15 is 0 Å². The van der Waals surface area contributed by atoms with Crippen molar-refractivity contribution < 1.29 is 27.5 Å². The number of anilines is 3. The van der Waals surface area contributed by atoms with Gasteiger partial charge in [0.2, 0.25) is 11.8 Å². The molecule has 0 fully saturated rings. The molecule has 0 aliphatic heterocycles. The molecule has 0 radical (unpaired) electrons. The summed E-state index contributed by atoms with van der Waals surface area (Å²) in [4.78, 5) is 24.0. The van der Waals surface area contributed by atoms with Gasteiger partial charge in [-0.3, -0.25) is 13.9 Å². The Labute approximate surface area is 208 Å². The number of carbonyl (C=O) groups is 2. The predicted molar refractivity (Wildman–Crippen MR) is 135 cm³/mol. The Balaban J connectivity index is 1.91. The van der Waals surface area contributed by atoms with Gasteiger partial charge in [0.25, 0.3) is 10.0 Å². The predicted octanol–water partition coefficient (Wildman–Crippen LogP) is 4.15. The molecule has 0 spiro atoms. The van der Waals surface area contributed by atoms with Gasteiger partial charge in [0.15, 0.2) is 11.5 Å². The molecular formula is C24H24ClN3O6S. The molecule has 2 amide bonds. The van der Waals surface area contributed by atoms with Crippen LogP contribution < -0.4 is 24.4 Å². The van der Waals surface area contributed by atoms with Crippen molar-refractivity contribution in [3.05, 3.63) is 71.8 Å². The largest absolute Gasteiger partial charge is 0.493 e. The maximum absolute atomic E-state index is 13.6. The average Bonchev–Trinajstić information content (AvgIpc) is 2.83. The molecular weight excluding hydrogens is 494 g/mol. The second-order valence-corrected chi connectivity index (χ2v) is 9.61. The number of nitrogens with one attached hydrogen (secondary N) is 2. The summed E-state index contributed by atoms with van der Waals surface area (Å²) in [6, 6.07) is 16.7. The number of halogens is 1. The van der Waals surface area contributed by atoms with Gasteiger partial charge in [0, 0.05) is 29.4 Å². The molecule has 0 bridgehead atoms. The number of methoxy groups -OCH3 is 2. The fourth-order valence-corrected chi connectivity index (χ4v) is 4.76. The molecule has 0 unspecified atom stereocenters. The number of hydrogen-bond donors (Lipinski definition) is 2. The van der Waals surface area contributed by atoms with Crippen LogP contribution in [0.2, 0.25) is 5.02 Å². The van der Waals surface area contributed by atoms with E-state index in [1.165, 1.54) is 63.6 Å². The lowest BCUT2D eigenvalue weighted by atomic mass is 10.2. The van der Waals surface area contributed by atoms with Crippen LogP contribution in [0.4, 0.5) is 17.1 Å². The highest BCUT2D eigenvalue weighted by atomic mass is 35.5. The van der Waals surface area contributed by atoms with Crippen LogP contribution in [0.25, 0.3) is 0 Å². The minimum absolute atomic E-state index is 0.0856. The number of sulfonamides is 1. The van der Waals surface area contributed by atoms with Gasteiger partial charge in [0.05, 0.1) is 24.8 Å². The molecule has 3 rings (SSSR count). The fourth-order valence-electron chi connectivity index (χ4n) is 3.20. The first kappa shape index (κ1) is 25.9. The van der Waals surface area contributed by atoms with E-state index in [9.17, 15) is 18.0 Å². The Morgan fingerprint density at radius 1 is 0.857 bits per heavy atom. The summed E-state index contributed by atoms with van der Waals surface area (Å²) in [6.07, 6.45) is 0. The zero-order chi connectivity index (χ0) is 25.6. The van der Waals surface area contributed by atoms with E-state index in [-0.39, 0.29) is 22.2 Å². The molecule has 11 heteroatoms. The third-order valence-electron chi connectivity index (χ3n) is 4.83. The molecule has 0 atom stereocenters. The van der Waals surface area contributed by atoms with Crippen molar-refractivity contribution in [1.29, 1.82) is 0 Å². The minimum Gasteiger partial charge on any atom is -0.493 e. The molecule has 35 heavy (non-hydrogen) atoms. The highest BCUT2D eigenvalue weighted by Crippen LogP contribution is 2.32. The fraction of sp³-hybridized carbons (Fsp3) is 0.167. The summed E-state index contributed by atoms with van der Waals surface area (Å²) in [5, 5.41) is 5.72. The van der Waals surface area contributed by atoms with Crippen LogP contribution >= 0.6 is 11.6 Å². The van der Waals surface area contributed by atoms with Gasteiger partial charge in [-0.2, -0.15) is 0 Å². The van der Waals surface area contributed by atoms with Crippen molar-refractivity contribution in [3.63, 3.8) is 0 Å². The van der Waals surface area contributed by atoms with Crippen molar-refractivity contribution in [1.82, 2.24) is 0 Å². The highest BCUT2D eigenvalue weighted by Gasteiger charge is 2.28. The van der Waals surface area contributed by atoms with Gasteiger partial charge < -0.3 is 20.1 Å². The number of hydrogen-bond acceptors (Lipinski definition) is 6. The van der Waals surface area contributed by atoms with Gasteiger partial charge in [-0.05, 0) is 60.7 Å². The molecule has 0 aliphatic carbocycles. The van der Waals surface area contributed by atoms with E-state index in [4.69, 9.17) is 21.1 Å². The number of carbonyl (C=O) groups excluding carboxylic acids is 2. The standard InChI is InChI=1S/C24H24ClN3O6S/c1-16(29)26-18-6-8-19(9-7-18)27-24(30)15-28(20-10-4-17(25)5-11-20)35(31,32)21-12-13-22(33-2)23(14-21)34-3/h4-14H,15H2,1-3H3,(H,26,29)(H,27,30). The van der Waals surface area contributed by atoms with Crippen LogP contribution in [-0.2, 0) is 19.6 Å². The zero-order valence-electron chi connectivity index (χ0n) is 19.2. The average molecular weight is 518 g/mol.